The fourth-order valence-electron chi connectivity index (χ4n) is 1.17. The van der Waals surface area contributed by atoms with Crippen molar-refractivity contribution in [3.05, 3.63) is 35.8 Å². The van der Waals surface area contributed by atoms with Crippen molar-refractivity contribution in [2.75, 3.05) is 6.54 Å². The van der Waals surface area contributed by atoms with Crippen LogP contribution in [0.1, 0.15) is 25.1 Å². The Kier molecular flexibility index (Phi) is 4.06. The molecule has 72 valence electrons. The molecule has 1 N–H and O–H groups in total. The molecule has 0 amide bonds. The molecule has 0 spiro atoms. The van der Waals surface area contributed by atoms with Crippen LogP contribution in [0.4, 0.5) is 0 Å². The highest BCUT2D eigenvalue weighted by Crippen LogP contribution is 2.16. The molecule has 0 saturated heterocycles. The average Bonchev–Trinajstić information content (AvgIpc) is 2.58. The zero-order valence-corrected chi connectivity index (χ0v) is 8.47. The highest BCUT2D eigenvalue weighted by atomic mass is 35.5. The number of hydrogen-bond donors (Lipinski definition) is 1. The minimum absolute atomic E-state index is 0.227. The largest absolute Gasteiger partial charge is 0.468 e. The molecular formula is C10H14ClNO. The van der Waals surface area contributed by atoms with Crippen LogP contribution in [-0.4, -0.2) is 6.54 Å². The summed E-state index contributed by atoms with van der Waals surface area (Å²) in [6.07, 6.45) is 2.65. The molecule has 0 saturated carbocycles. The Morgan fingerprint density at radius 1 is 1.77 bits per heavy atom. The van der Waals surface area contributed by atoms with Crippen LogP contribution < -0.4 is 5.32 Å². The summed E-state index contributed by atoms with van der Waals surface area (Å²) in [6, 6.07) is 4.07. The van der Waals surface area contributed by atoms with E-state index in [1.165, 1.54) is 0 Å². The van der Waals surface area contributed by atoms with Crippen molar-refractivity contribution in [1.29, 1.82) is 0 Å². The summed E-state index contributed by atoms with van der Waals surface area (Å²) in [5.74, 6) is 0.945. The van der Waals surface area contributed by atoms with Crippen molar-refractivity contribution >= 4 is 11.6 Å². The zero-order chi connectivity index (χ0) is 9.68. The molecule has 1 atom stereocenters. The van der Waals surface area contributed by atoms with Crippen LogP contribution >= 0.6 is 11.6 Å². The fourth-order valence-corrected chi connectivity index (χ4v) is 1.25. The topological polar surface area (TPSA) is 25.2 Å². The lowest BCUT2D eigenvalue weighted by atomic mass is 10.2. The van der Waals surface area contributed by atoms with Crippen LogP contribution in [0.2, 0.25) is 0 Å². The maximum absolute atomic E-state index is 5.65. The molecule has 0 aliphatic rings. The summed E-state index contributed by atoms with van der Waals surface area (Å²) in [4.78, 5) is 0. The second kappa shape index (κ2) is 5.10. The number of nitrogens with one attached hydrogen (secondary N) is 1. The Morgan fingerprint density at radius 3 is 3.00 bits per heavy atom. The normalized spacial score (nSPS) is 12.8. The molecule has 0 radical (unpaired) electrons. The molecule has 0 bridgehead atoms. The van der Waals surface area contributed by atoms with E-state index in [4.69, 9.17) is 16.0 Å². The Morgan fingerprint density at radius 2 is 2.54 bits per heavy atom. The molecule has 1 unspecified atom stereocenters. The molecule has 0 aromatic carbocycles. The van der Waals surface area contributed by atoms with Crippen LogP contribution in [0, 0.1) is 0 Å². The van der Waals surface area contributed by atoms with Gasteiger partial charge in [0, 0.05) is 11.6 Å². The van der Waals surface area contributed by atoms with Crippen molar-refractivity contribution in [2.24, 2.45) is 0 Å². The van der Waals surface area contributed by atoms with Gasteiger partial charge in [-0.25, -0.2) is 0 Å². The lowest BCUT2D eigenvalue weighted by Crippen LogP contribution is -2.21. The van der Waals surface area contributed by atoms with Gasteiger partial charge in [-0.05, 0) is 18.6 Å². The smallest absolute Gasteiger partial charge is 0.120 e. The second-order valence-corrected chi connectivity index (χ2v) is 3.41. The van der Waals surface area contributed by atoms with Gasteiger partial charge in [-0.15, -0.1) is 0 Å². The van der Waals surface area contributed by atoms with E-state index < -0.39 is 0 Å². The first-order valence-corrected chi connectivity index (χ1v) is 4.72. The molecule has 3 heteroatoms. The summed E-state index contributed by atoms with van der Waals surface area (Å²) in [7, 11) is 0. The van der Waals surface area contributed by atoms with Crippen molar-refractivity contribution in [1.82, 2.24) is 5.32 Å². The van der Waals surface area contributed by atoms with Crippen molar-refractivity contribution in [3.63, 3.8) is 0 Å². The van der Waals surface area contributed by atoms with Crippen LogP contribution in [0.3, 0.4) is 0 Å². The van der Waals surface area contributed by atoms with Crippen LogP contribution in [-0.2, 0) is 0 Å². The summed E-state index contributed by atoms with van der Waals surface area (Å²) >= 11 is 5.65. The average molecular weight is 200 g/mol. The zero-order valence-electron chi connectivity index (χ0n) is 7.72. The molecule has 1 heterocycles. The molecule has 13 heavy (non-hydrogen) atoms. The van der Waals surface area contributed by atoms with Crippen molar-refractivity contribution in [3.8, 4) is 0 Å². The van der Waals surface area contributed by atoms with Crippen LogP contribution in [0.15, 0.2) is 34.4 Å². The summed E-state index contributed by atoms with van der Waals surface area (Å²) in [6.45, 7) is 6.32. The molecular weight excluding hydrogens is 186 g/mol. The van der Waals surface area contributed by atoms with Crippen LogP contribution in [0.5, 0.6) is 0 Å². The maximum atomic E-state index is 5.65. The summed E-state index contributed by atoms with van der Waals surface area (Å²) < 4.78 is 5.28. The molecule has 0 aliphatic heterocycles. The predicted molar refractivity (Wildman–Crippen MR) is 54.7 cm³/mol. The van der Waals surface area contributed by atoms with E-state index >= 15 is 0 Å². The predicted octanol–water partition coefficient (Wildman–Crippen LogP) is 3.07. The van der Waals surface area contributed by atoms with Crippen molar-refractivity contribution < 1.29 is 4.42 Å². The van der Waals surface area contributed by atoms with Gasteiger partial charge in [0.2, 0.25) is 0 Å². The maximum Gasteiger partial charge on any atom is 0.120 e. The highest BCUT2D eigenvalue weighted by molar-refractivity contribution is 6.29. The van der Waals surface area contributed by atoms with Crippen LogP contribution in [0.25, 0.3) is 0 Å². The van der Waals surface area contributed by atoms with Gasteiger partial charge in [0.25, 0.3) is 0 Å². The minimum Gasteiger partial charge on any atom is -0.468 e. The Bertz CT molecular complexity index is 256. The molecule has 0 fully saturated rings. The van der Waals surface area contributed by atoms with E-state index in [9.17, 15) is 0 Å². The van der Waals surface area contributed by atoms with Gasteiger partial charge in [0.1, 0.15) is 5.76 Å². The van der Waals surface area contributed by atoms with Gasteiger partial charge in [-0.3, -0.25) is 0 Å². The van der Waals surface area contributed by atoms with Gasteiger partial charge in [-0.2, -0.15) is 0 Å². The van der Waals surface area contributed by atoms with E-state index in [0.29, 0.717) is 11.6 Å². The van der Waals surface area contributed by atoms with Gasteiger partial charge < -0.3 is 9.73 Å². The monoisotopic (exact) mass is 199 g/mol. The quantitative estimate of drug-likeness (QED) is 0.789. The first-order valence-electron chi connectivity index (χ1n) is 4.34. The van der Waals surface area contributed by atoms with Gasteiger partial charge in [0.05, 0.1) is 12.3 Å². The van der Waals surface area contributed by atoms with E-state index in [0.717, 1.165) is 12.2 Å². The SMILES string of the molecule is C=C(Cl)CNC(CC)c1ccco1. The van der Waals surface area contributed by atoms with Gasteiger partial charge in [0.15, 0.2) is 0 Å². The Hall–Kier alpha value is -0.730. The number of rotatable bonds is 5. The van der Waals surface area contributed by atoms with Gasteiger partial charge in [-0.1, -0.05) is 25.1 Å². The third kappa shape index (κ3) is 3.25. The lowest BCUT2D eigenvalue weighted by molar-refractivity contribution is 0.415. The summed E-state index contributed by atoms with van der Waals surface area (Å²) in [5, 5.41) is 3.86. The standard InChI is InChI=1S/C10H14ClNO/c1-3-9(12-7-8(2)11)10-5-4-6-13-10/h4-6,9,12H,2-3,7H2,1H3. The molecule has 1 aromatic heterocycles. The number of halogens is 1. The Labute approximate surface area is 83.6 Å². The lowest BCUT2D eigenvalue weighted by Gasteiger charge is -2.13. The third-order valence-corrected chi connectivity index (χ3v) is 1.97. The third-order valence-electron chi connectivity index (χ3n) is 1.84. The first-order chi connectivity index (χ1) is 6.24. The van der Waals surface area contributed by atoms with E-state index in [1.807, 2.05) is 12.1 Å². The van der Waals surface area contributed by atoms with E-state index in [2.05, 4.69) is 18.8 Å². The van der Waals surface area contributed by atoms with Gasteiger partial charge >= 0.3 is 0 Å². The molecule has 1 rings (SSSR count). The van der Waals surface area contributed by atoms with E-state index in [1.54, 1.807) is 6.26 Å². The number of furan rings is 1. The molecule has 0 aliphatic carbocycles. The first kappa shape index (κ1) is 10.4. The van der Waals surface area contributed by atoms with Crippen molar-refractivity contribution in [2.45, 2.75) is 19.4 Å². The highest BCUT2D eigenvalue weighted by Gasteiger charge is 2.10. The fraction of sp³-hybridized carbons (Fsp3) is 0.400. The molecule has 1 aromatic rings. The van der Waals surface area contributed by atoms with E-state index in [-0.39, 0.29) is 6.04 Å². The second-order valence-electron chi connectivity index (χ2n) is 2.87. The number of hydrogen-bond acceptors (Lipinski definition) is 2. The minimum atomic E-state index is 0.227. The Balaban J connectivity index is 2.49. The molecule has 2 nitrogen and oxygen atoms in total. The summed E-state index contributed by atoms with van der Waals surface area (Å²) in [5.41, 5.74) is 0.